The average molecular weight is 346 g/mol. The third-order valence-corrected chi connectivity index (χ3v) is 5.08. The second-order valence-corrected chi connectivity index (χ2v) is 7.04. The van der Waals surface area contributed by atoms with Crippen LogP contribution in [-0.4, -0.2) is 30.1 Å². The van der Waals surface area contributed by atoms with Gasteiger partial charge in [-0.1, -0.05) is 19.3 Å². The second kappa shape index (κ2) is 8.37. The van der Waals surface area contributed by atoms with Gasteiger partial charge in [-0.15, -0.1) is 0 Å². The Morgan fingerprint density at radius 2 is 1.84 bits per heavy atom. The lowest BCUT2D eigenvalue weighted by atomic mass is 9.90. The molecule has 136 valence electrons. The number of fused-ring (bicyclic) bond motifs is 1. The Kier molecular flexibility index (Phi) is 5.95. The van der Waals surface area contributed by atoms with Crippen LogP contribution in [0.1, 0.15) is 67.3 Å². The molecule has 1 fully saturated rings. The van der Waals surface area contributed by atoms with E-state index in [0.717, 1.165) is 17.5 Å². The van der Waals surface area contributed by atoms with Crippen molar-refractivity contribution < 1.29 is 24.2 Å². The van der Waals surface area contributed by atoms with Gasteiger partial charge in [-0.05, 0) is 49.3 Å². The summed E-state index contributed by atoms with van der Waals surface area (Å²) in [4.78, 5) is 22.6. The quantitative estimate of drug-likeness (QED) is 0.720. The summed E-state index contributed by atoms with van der Waals surface area (Å²) in [7, 11) is 0. The fourth-order valence-electron chi connectivity index (χ4n) is 3.64. The van der Waals surface area contributed by atoms with Crippen molar-refractivity contribution in [2.24, 2.45) is 5.92 Å². The first-order valence-electron chi connectivity index (χ1n) is 9.31. The van der Waals surface area contributed by atoms with Crippen LogP contribution in [0.25, 0.3) is 0 Å². The molecule has 0 unspecified atom stereocenters. The standard InChI is InChI=1S/C20H26O5/c21-17-9-8-15-11-18(25-13-14-5-2-1-3-6-14)19(12-16(15)17)24-10-4-7-20(22)23/h11-12,14H,1-10,13H2,(H,22,23). The Bertz CT molecular complexity index is 631. The molecular weight excluding hydrogens is 320 g/mol. The van der Waals surface area contributed by atoms with Crippen molar-refractivity contribution in [2.45, 2.75) is 57.8 Å². The number of rotatable bonds is 8. The summed E-state index contributed by atoms with van der Waals surface area (Å²) in [6.07, 6.45) is 8.07. The van der Waals surface area contributed by atoms with Crippen LogP contribution in [0.2, 0.25) is 0 Å². The SMILES string of the molecule is O=C(O)CCCOc1cc2c(cc1OCC1CCCCC1)CCC2=O. The van der Waals surface area contributed by atoms with Crippen LogP contribution in [0, 0.1) is 5.92 Å². The molecule has 0 aromatic heterocycles. The summed E-state index contributed by atoms with van der Waals surface area (Å²) in [5.41, 5.74) is 1.75. The summed E-state index contributed by atoms with van der Waals surface area (Å²) in [6.45, 7) is 0.983. The third kappa shape index (κ3) is 4.74. The normalized spacial score (nSPS) is 17.4. The predicted molar refractivity (Wildman–Crippen MR) is 93.5 cm³/mol. The van der Waals surface area contributed by atoms with E-state index in [9.17, 15) is 9.59 Å². The maximum atomic E-state index is 12.0. The maximum absolute atomic E-state index is 12.0. The number of hydrogen-bond donors (Lipinski definition) is 1. The first-order valence-corrected chi connectivity index (χ1v) is 9.31. The molecule has 3 rings (SSSR count). The lowest BCUT2D eigenvalue weighted by Crippen LogP contribution is -2.16. The van der Waals surface area contributed by atoms with E-state index in [1.54, 1.807) is 6.07 Å². The van der Waals surface area contributed by atoms with Crippen molar-refractivity contribution in [3.8, 4) is 11.5 Å². The van der Waals surface area contributed by atoms with Gasteiger partial charge in [0.2, 0.25) is 0 Å². The van der Waals surface area contributed by atoms with Crippen LogP contribution < -0.4 is 9.47 Å². The molecular formula is C20H26O5. The molecule has 1 aromatic carbocycles. The number of carbonyl (C=O) groups is 2. The van der Waals surface area contributed by atoms with Crippen LogP contribution in [-0.2, 0) is 11.2 Å². The minimum atomic E-state index is -0.832. The smallest absolute Gasteiger partial charge is 0.303 e. The van der Waals surface area contributed by atoms with Gasteiger partial charge in [0.1, 0.15) is 0 Å². The Labute approximate surface area is 148 Å². The number of ketones is 1. The Morgan fingerprint density at radius 1 is 1.08 bits per heavy atom. The first kappa shape index (κ1) is 17.8. The highest BCUT2D eigenvalue weighted by atomic mass is 16.5. The molecule has 25 heavy (non-hydrogen) atoms. The van der Waals surface area contributed by atoms with E-state index in [4.69, 9.17) is 14.6 Å². The summed E-state index contributed by atoms with van der Waals surface area (Å²) in [5, 5.41) is 8.73. The van der Waals surface area contributed by atoms with Crippen molar-refractivity contribution in [3.05, 3.63) is 23.3 Å². The van der Waals surface area contributed by atoms with Gasteiger partial charge in [0.25, 0.3) is 0 Å². The van der Waals surface area contributed by atoms with Crippen molar-refractivity contribution in [2.75, 3.05) is 13.2 Å². The zero-order valence-electron chi connectivity index (χ0n) is 14.6. The molecule has 1 N–H and O–H groups in total. The summed E-state index contributed by atoms with van der Waals surface area (Å²) in [5.74, 6) is 1.15. The molecule has 0 amide bonds. The van der Waals surface area contributed by atoms with E-state index in [1.807, 2.05) is 6.07 Å². The highest BCUT2D eigenvalue weighted by Gasteiger charge is 2.23. The molecule has 5 heteroatoms. The van der Waals surface area contributed by atoms with Crippen LogP contribution in [0.4, 0.5) is 0 Å². The summed E-state index contributed by atoms with van der Waals surface area (Å²) >= 11 is 0. The Hall–Kier alpha value is -2.04. The molecule has 0 saturated heterocycles. The van der Waals surface area contributed by atoms with Crippen LogP contribution >= 0.6 is 0 Å². The molecule has 2 aliphatic carbocycles. The monoisotopic (exact) mass is 346 g/mol. The van der Waals surface area contributed by atoms with E-state index in [1.165, 1.54) is 32.1 Å². The van der Waals surface area contributed by atoms with Crippen molar-refractivity contribution in [1.82, 2.24) is 0 Å². The number of Topliss-reactive ketones (excluding diaryl/α,β-unsaturated/α-hetero) is 1. The molecule has 0 aliphatic heterocycles. The highest BCUT2D eigenvalue weighted by molar-refractivity contribution is 6.01. The van der Waals surface area contributed by atoms with Crippen molar-refractivity contribution >= 4 is 11.8 Å². The number of ether oxygens (including phenoxy) is 2. The van der Waals surface area contributed by atoms with Gasteiger partial charge >= 0.3 is 5.97 Å². The molecule has 0 bridgehead atoms. The molecule has 1 saturated carbocycles. The number of benzene rings is 1. The van der Waals surface area contributed by atoms with Crippen LogP contribution in [0.3, 0.4) is 0 Å². The number of carboxylic acids is 1. The molecule has 0 spiro atoms. The first-order chi connectivity index (χ1) is 12.1. The molecule has 0 radical (unpaired) electrons. The van der Waals surface area contributed by atoms with Gasteiger partial charge < -0.3 is 14.6 Å². The van der Waals surface area contributed by atoms with E-state index < -0.39 is 5.97 Å². The van der Waals surface area contributed by atoms with Crippen LogP contribution in [0.5, 0.6) is 11.5 Å². The Morgan fingerprint density at radius 3 is 2.60 bits per heavy atom. The van der Waals surface area contributed by atoms with E-state index in [0.29, 0.717) is 43.5 Å². The van der Waals surface area contributed by atoms with Crippen molar-refractivity contribution in [1.29, 1.82) is 0 Å². The minimum Gasteiger partial charge on any atom is -0.490 e. The zero-order valence-corrected chi connectivity index (χ0v) is 14.6. The van der Waals surface area contributed by atoms with E-state index in [-0.39, 0.29) is 12.2 Å². The van der Waals surface area contributed by atoms with Gasteiger partial charge in [0, 0.05) is 18.4 Å². The predicted octanol–water partition coefficient (Wildman–Crippen LogP) is 4.02. The second-order valence-electron chi connectivity index (χ2n) is 7.04. The number of carbonyl (C=O) groups excluding carboxylic acids is 1. The van der Waals surface area contributed by atoms with Gasteiger partial charge in [-0.25, -0.2) is 0 Å². The summed E-state index contributed by atoms with van der Waals surface area (Å²) in [6, 6.07) is 3.72. The summed E-state index contributed by atoms with van der Waals surface area (Å²) < 4.78 is 11.8. The fourth-order valence-corrected chi connectivity index (χ4v) is 3.64. The highest BCUT2D eigenvalue weighted by Crippen LogP contribution is 2.36. The van der Waals surface area contributed by atoms with Gasteiger partial charge in [-0.3, -0.25) is 9.59 Å². The maximum Gasteiger partial charge on any atom is 0.303 e. The lowest BCUT2D eigenvalue weighted by molar-refractivity contribution is -0.137. The molecule has 2 aliphatic rings. The van der Waals surface area contributed by atoms with Crippen LogP contribution in [0.15, 0.2) is 12.1 Å². The average Bonchev–Trinajstić information content (AvgIpc) is 2.97. The number of aliphatic carboxylic acids is 1. The number of carboxylic acid groups (broad SMARTS) is 1. The van der Waals surface area contributed by atoms with Gasteiger partial charge in [-0.2, -0.15) is 0 Å². The third-order valence-electron chi connectivity index (χ3n) is 5.08. The lowest BCUT2D eigenvalue weighted by Gasteiger charge is -2.22. The van der Waals surface area contributed by atoms with E-state index >= 15 is 0 Å². The molecule has 0 atom stereocenters. The number of hydrogen-bond acceptors (Lipinski definition) is 4. The van der Waals surface area contributed by atoms with Crippen molar-refractivity contribution in [3.63, 3.8) is 0 Å². The Balaban J connectivity index is 1.67. The fraction of sp³-hybridized carbons (Fsp3) is 0.600. The number of aryl methyl sites for hydroxylation is 1. The molecule has 0 heterocycles. The molecule has 5 nitrogen and oxygen atoms in total. The topological polar surface area (TPSA) is 72.8 Å². The van der Waals surface area contributed by atoms with Gasteiger partial charge in [0.15, 0.2) is 17.3 Å². The zero-order chi connectivity index (χ0) is 17.6. The largest absolute Gasteiger partial charge is 0.490 e. The molecule has 1 aromatic rings. The van der Waals surface area contributed by atoms with E-state index in [2.05, 4.69) is 0 Å². The van der Waals surface area contributed by atoms with Gasteiger partial charge in [0.05, 0.1) is 13.2 Å². The minimum absolute atomic E-state index is 0.0716.